The third-order valence-electron chi connectivity index (χ3n) is 6.29. The average Bonchev–Trinajstić information content (AvgIpc) is 3.11. The van der Waals surface area contributed by atoms with E-state index in [1.165, 1.54) is 6.07 Å². The van der Waals surface area contributed by atoms with Crippen LogP contribution in [0.25, 0.3) is 0 Å². The van der Waals surface area contributed by atoms with Crippen LogP contribution in [0.15, 0.2) is 24.3 Å². The Morgan fingerprint density at radius 1 is 0.951 bits per heavy atom. The number of aliphatic carboxylic acids is 1. The van der Waals surface area contributed by atoms with Crippen molar-refractivity contribution in [3.8, 4) is 11.5 Å². The number of ketones is 1. The number of nitrogens with one attached hydrogen (secondary N) is 1. The van der Waals surface area contributed by atoms with Crippen LogP contribution < -0.4 is 4.74 Å². The summed E-state index contributed by atoms with van der Waals surface area (Å²) in [5.41, 5.74) is 2.46. The number of Topliss-reactive ketones (excluding diaryl/α,β-unsaturated/α-hetero) is 1. The Morgan fingerprint density at radius 3 is 1.83 bits per heavy atom. The molecular formula is C29H35F3N2O7. The summed E-state index contributed by atoms with van der Waals surface area (Å²) in [6.45, 7) is 14.3. The van der Waals surface area contributed by atoms with Gasteiger partial charge in [-0.2, -0.15) is 13.2 Å². The van der Waals surface area contributed by atoms with Crippen LogP contribution in [0.4, 0.5) is 13.2 Å². The van der Waals surface area contributed by atoms with Crippen LogP contribution in [0.5, 0.6) is 11.5 Å². The molecule has 2 aromatic rings. The van der Waals surface area contributed by atoms with Crippen molar-refractivity contribution in [2.75, 3.05) is 13.2 Å². The Kier molecular flexibility index (Phi) is 9.53. The molecule has 0 atom stereocenters. The first-order chi connectivity index (χ1) is 18.6. The van der Waals surface area contributed by atoms with Crippen LogP contribution in [-0.2, 0) is 22.2 Å². The summed E-state index contributed by atoms with van der Waals surface area (Å²) in [6.07, 6.45) is -5.08. The van der Waals surface area contributed by atoms with Crippen LogP contribution in [0.3, 0.4) is 0 Å². The summed E-state index contributed by atoms with van der Waals surface area (Å²) < 4.78 is 37.2. The molecule has 0 fully saturated rings. The molecule has 0 radical (unpaired) electrons. The van der Waals surface area contributed by atoms with E-state index in [0.717, 1.165) is 0 Å². The fraction of sp³-hybridized carbons (Fsp3) is 0.448. The molecule has 3 rings (SSSR count). The summed E-state index contributed by atoms with van der Waals surface area (Å²) >= 11 is 0. The number of ether oxygens (including phenoxy) is 1. The molecule has 0 amide bonds. The molecule has 1 heterocycles. The number of alkyl halides is 3. The molecule has 0 saturated carbocycles. The van der Waals surface area contributed by atoms with Gasteiger partial charge in [-0.1, -0.05) is 41.5 Å². The van der Waals surface area contributed by atoms with E-state index in [1.807, 2.05) is 41.5 Å². The minimum Gasteiger partial charge on any atom is -0.507 e. The van der Waals surface area contributed by atoms with Crippen molar-refractivity contribution in [3.05, 3.63) is 57.6 Å². The average molecular weight is 581 g/mol. The van der Waals surface area contributed by atoms with Crippen molar-refractivity contribution in [3.63, 3.8) is 0 Å². The number of fused-ring (bicyclic) bond motifs is 1. The number of halogens is 3. The largest absolute Gasteiger partial charge is 0.507 e. The number of carboxylic acid groups (broad SMARTS) is 2. The number of phenolic OH excluding ortho intramolecular Hbond substituents is 1. The zero-order chi connectivity index (χ0) is 31.7. The number of carbonyl (C=O) groups excluding carboxylic acids is 1. The Bertz CT molecular complexity index is 1340. The van der Waals surface area contributed by atoms with Crippen LogP contribution in [0.1, 0.15) is 91.4 Å². The SMILES string of the molecule is CCOc1cc2c(cc1C(=O)O)CN(CC(=O)c1cc(C(C)(C)C)c(O)c(C(C)(C)C)c1)C2=N.O=C(O)C(F)(F)F. The van der Waals surface area contributed by atoms with E-state index in [9.17, 15) is 33.0 Å². The van der Waals surface area contributed by atoms with E-state index in [-0.39, 0.29) is 52.6 Å². The highest BCUT2D eigenvalue weighted by atomic mass is 19.4. The first-order valence-corrected chi connectivity index (χ1v) is 12.7. The lowest BCUT2D eigenvalue weighted by Gasteiger charge is -2.28. The number of aromatic carboxylic acids is 1. The topological polar surface area (TPSA) is 148 Å². The van der Waals surface area contributed by atoms with Gasteiger partial charge in [-0.25, -0.2) is 9.59 Å². The first kappa shape index (κ1) is 33.1. The second-order valence-corrected chi connectivity index (χ2v) is 11.6. The van der Waals surface area contributed by atoms with Gasteiger partial charge in [-0.05, 0) is 47.6 Å². The van der Waals surface area contributed by atoms with E-state index < -0.39 is 18.1 Å². The zero-order valence-electron chi connectivity index (χ0n) is 24.0. The second-order valence-electron chi connectivity index (χ2n) is 11.6. The molecule has 12 heteroatoms. The van der Waals surface area contributed by atoms with Crippen molar-refractivity contribution in [2.24, 2.45) is 0 Å². The van der Waals surface area contributed by atoms with Crippen molar-refractivity contribution in [1.29, 1.82) is 5.41 Å². The van der Waals surface area contributed by atoms with Gasteiger partial charge < -0.3 is 25.0 Å². The maximum atomic E-state index is 13.4. The van der Waals surface area contributed by atoms with Crippen LogP contribution in [0, 0.1) is 5.41 Å². The Morgan fingerprint density at radius 2 is 1.44 bits per heavy atom. The van der Waals surface area contributed by atoms with Crippen LogP contribution >= 0.6 is 0 Å². The van der Waals surface area contributed by atoms with E-state index in [2.05, 4.69) is 0 Å². The van der Waals surface area contributed by atoms with Gasteiger partial charge in [0, 0.05) is 28.8 Å². The highest BCUT2D eigenvalue weighted by molar-refractivity contribution is 6.06. The molecule has 1 aliphatic heterocycles. The third-order valence-corrected chi connectivity index (χ3v) is 6.29. The zero-order valence-corrected chi connectivity index (χ0v) is 24.0. The maximum Gasteiger partial charge on any atom is 0.490 e. The quantitative estimate of drug-likeness (QED) is 0.316. The number of rotatable bonds is 6. The predicted molar refractivity (Wildman–Crippen MR) is 145 cm³/mol. The molecule has 0 bridgehead atoms. The van der Waals surface area contributed by atoms with Gasteiger partial charge in [0.2, 0.25) is 0 Å². The van der Waals surface area contributed by atoms with Gasteiger partial charge in [-0.3, -0.25) is 10.2 Å². The molecule has 41 heavy (non-hydrogen) atoms. The summed E-state index contributed by atoms with van der Waals surface area (Å²) in [5, 5.41) is 36.2. The fourth-order valence-corrected chi connectivity index (χ4v) is 4.21. The van der Waals surface area contributed by atoms with Gasteiger partial charge in [-0.15, -0.1) is 0 Å². The highest BCUT2D eigenvalue weighted by Gasteiger charge is 2.38. The van der Waals surface area contributed by atoms with Crippen molar-refractivity contribution in [1.82, 2.24) is 4.90 Å². The Labute approximate surface area is 236 Å². The Balaban J connectivity index is 0.000000745. The molecule has 9 nitrogen and oxygen atoms in total. The van der Waals surface area contributed by atoms with Gasteiger partial charge >= 0.3 is 18.1 Å². The number of carboxylic acids is 2. The lowest BCUT2D eigenvalue weighted by molar-refractivity contribution is -0.192. The maximum absolute atomic E-state index is 13.4. The van der Waals surface area contributed by atoms with Gasteiger partial charge in [0.25, 0.3) is 0 Å². The molecule has 4 N–H and O–H groups in total. The number of phenols is 1. The van der Waals surface area contributed by atoms with Crippen molar-refractivity contribution in [2.45, 2.75) is 72.0 Å². The van der Waals surface area contributed by atoms with Gasteiger partial charge in [0.05, 0.1) is 13.2 Å². The van der Waals surface area contributed by atoms with Gasteiger partial charge in [0.1, 0.15) is 22.9 Å². The van der Waals surface area contributed by atoms with Crippen molar-refractivity contribution < 1.29 is 47.6 Å². The summed E-state index contributed by atoms with van der Waals surface area (Å²) in [5.74, 6) is -3.44. The normalized spacial score (nSPS) is 13.3. The van der Waals surface area contributed by atoms with E-state index in [4.69, 9.17) is 20.0 Å². The number of amidine groups is 1. The second kappa shape index (κ2) is 11.8. The smallest absolute Gasteiger partial charge is 0.490 e. The lowest BCUT2D eigenvalue weighted by Crippen LogP contribution is -2.30. The lowest BCUT2D eigenvalue weighted by atomic mass is 9.78. The molecule has 224 valence electrons. The van der Waals surface area contributed by atoms with Crippen LogP contribution in [-0.4, -0.2) is 63.1 Å². The molecule has 0 unspecified atom stereocenters. The minimum atomic E-state index is -5.08. The number of benzene rings is 2. The standard InChI is InChI=1S/C27H34N2O5.C2HF3O2/c1-8-34-22-12-17-16(9-18(22)25(32)33)13-29(24(17)28)14-21(30)15-10-19(26(2,3)4)23(31)20(11-15)27(5,6)7;3-2(4,5)1(6)7/h9-12,28,31H,8,13-14H2,1-7H3,(H,32,33);(H,6,7). The first-order valence-electron chi connectivity index (χ1n) is 12.7. The number of carbonyl (C=O) groups is 3. The summed E-state index contributed by atoms with van der Waals surface area (Å²) in [7, 11) is 0. The molecule has 0 aromatic heterocycles. The summed E-state index contributed by atoms with van der Waals surface area (Å²) in [4.78, 5) is 35.6. The molecule has 1 aliphatic rings. The third kappa shape index (κ3) is 7.77. The number of hydrogen-bond donors (Lipinski definition) is 4. The number of hydrogen-bond acceptors (Lipinski definition) is 6. The fourth-order valence-electron chi connectivity index (χ4n) is 4.21. The molecule has 0 spiro atoms. The predicted octanol–water partition coefficient (Wildman–Crippen LogP) is 5.74. The number of nitrogens with zero attached hydrogens (tertiary/aromatic N) is 1. The van der Waals surface area contributed by atoms with Crippen molar-refractivity contribution >= 4 is 23.6 Å². The monoisotopic (exact) mass is 580 g/mol. The van der Waals surface area contributed by atoms with E-state index >= 15 is 0 Å². The number of aromatic hydroxyl groups is 1. The van der Waals surface area contributed by atoms with E-state index in [0.29, 0.717) is 34.4 Å². The molecule has 0 aliphatic carbocycles. The van der Waals surface area contributed by atoms with E-state index in [1.54, 1.807) is 30.0 Å². The highest BCUT2D eigenvalue weighted by Crippen LogP contribution is 2.40. The molecule has 0 saturated heterocycles. The van der Waals surface area contributed by atoms with Gasteiger partial charge in [0.15, 0.2) is 5.78 Å². The summed E-state index contributed by atoms with van der Waals surface area (Å²) in [6, 6.07) is 6.59. The molecule has 2 aromatic carbocycles. The Hall–Kier alpha value is -4.09. The minimum absolute atomic E-state index is 0.0299. The molecular weight excluding hydrogens is 545 g/mol. The van der Waals surface area contributed by atoms with Crippen LogP contribution in [0.2, 0.25) is 0 Å².